The van der Waals surface area contributed by atoms with E-state index in [-0.39, 0.29) is 11.8 Å². The van der Waals surface area contributed by atoms with E-state index >= 15 is 0 Å². The van der Waals surface area contributed by atoms with Crippen LogP contribution >= 0.6 is 0 Å². The zero-order valence-electron chi connectivity index (χ0n) is 10.0. The second-order valence-electron chi connectivity index (χ2n) is 4.31. The summed E-state index contributed by atoms with van der Waals surface area (Å²) in [6.07, 6.45) is 1.97. The summed E-state index contributed by atoms with van der Waals surface area (Å²) in [6.45, 7) is 2.78. The molecule has 1 aliphatic rings. The molecule has 1 aliphatic heterocycles. The van der Waals surface area contributed by atoms with Gasteiger partial charge in [-0.3, -0.25) is 9.59 Å². The number of likely N-dealkylation sites (tertiary alicyclic amines) is 1. The molecule has 1 amide bonds. The Labute approximate surface area is 101 Å². The molecule has 0 atom stereocenters. The van der Waals surface area contributed by atoms with Gasteiger partial charge in [0, 0.05) is 13.1 Å². The molecule has 0 saturated carbocycles. The van der Waals surface area contributed by atoms with Crippen LogP contribution in [0.3, 0.4) is 0 Å². The van der Waals surface area contributed by atoms with Crippen LogP contribution in [0.15, 0.2) is 0 Å². The number of hydrogen-bond donors (Lipinski definition) is 3. The Bertz CT molecular complexity index is 263. The van der Waals surface area contributed by atoms with E-state index in [4.69, 9.17) is 10.8 Å². The van der Waals surface area contributed by atoms with Gasteiger partial charge in [0.1, 0.15) is 0 Å². The number of amides is 1. The van der Waals surface area contributed by atoms with E-state index in [0.717, 1.165) is 13.0 Å². The standard InChI is InChI=1S/C11H21N3O3/c12-4-1-5-13-8-10(15)14-6-2-9(3-7-14)11(16)17/h9,13H,1-8,12H2,(H,16,17). The number of rotatable bonds is 6. The van der Waals surface area contributed by atoms with Gasteiger partial charge in [-0.2, -0.15) is 0 Å². The Morgan fingerprint density at radius 1 is 1.35 bits per heavy atom. The van der Waals surface area contributed by atoms with E-state index in [1.54, 1.807) is 4.90 Å². The summed E-state index contributed by atoms with van der Waals surface area (Å²) in [5.74, 6) is -0.992. The molecule has 0 aliphatic carbocycles. The lowest BCUT2D eigenvalue weighted by molar-refractivity contribution is -0.145. The number of piperidine rings is 1. The number of nitrogens with one attached hydrogen (secondary N) is 1. The van der Waals surface area contributed by atoms with Gasteiger partial charge in [-0.1, -0.05) is 0 Å². The van der Waals surface area contributed by atoms with E-state index in [9.17, 15) is 9.59 Å². The summed E-state index contributed by atoms with van der Waals surface area (Å²) >= 11 is 0. The fraction of sp³-hybridized carbons (Fsp3) is 0.818. The Morgan fingerprint density at radius 3 is 2.53 bits per heavy atom. The molecular formula is C11H21N3O3. The van der Waals surface area contributed by atoms with Crippen LogP contribution in [0.2, 0.25) is 0 Å². The van der Waals surface area contributed by atoms with Crippen molar-refractivity contribution in [1.82, 2.24) is 10.2 Å². The first kappa shape index (κ1) is 13.9. The Morgan fingerprint density at radius 2 is 2.00 bits per heavy atom. The van der Waals surface area contributed by atoms with Crippen LogP contribution in [0.25, 0.3) is 0 Å². The molecule has 0 unspecified atom stereocenters. The summed E-state index contributed by atoms with van der Waals surface area (Å²) in [5, 5.41) is 11.9. The van der Waals surface area contributed by atoms with Crippen LogP contribution < -0.4 is 11.1 Å². The first-order chi connectivity index (χ1) is 8.15. The van der Waals surface area contributed by atoms with Crippen molar-refractivity contribution in [2.45, 2.75) is 19.3 Å². The predicted molar refractivity (Wildman–Crippen MR) is 63.5 cm³/mol. The third-order valence-corrected chi connectivity index (χ3v) is 3.03. The number of carbonyl (C=O) groups is 2. The van der Waals surface area contributed by atoms with Gasteiger partial charge in [-0.25, -0.2) is 0 Å². The Balaban J connectivity index is 2.19. The zero-order chi connectivity index (χ0) is 12.7. The van der Waals surface area contributed by atoms with Gasteiger partial charge < -0.3 is 21.1 Å². The van der Waals surface area contributed by atoms with Crippen molar-refractivity contribution in [3.63, 3.8) is 0 Å². The van der Waals surface area contributed by atoms with Crippen LogP contribution in [-0.2, 0) is 9.59 Å². The molecule has 6 nitrogen and oxygen atoms in total. The number of nitrogens with two attached hydrogens (primary N) is 1. The van der Waals surface area contributed by atoms with E-state index in [2.05, 4.69) is 5.32 Å². The summed E-state index contributed by atoms with van der Waals surface area (Å²) in [5.41, 5.74) is 5.34. The number of carboxylic acid groups (broad SMARTS) is 1. The van der Waals surface area contributed by atoms with E-state index in [1.807, 2.05) is 0 Å². The lowest BCUT2D eigenvalue weighted by Crippen LogP contribution is -2.44. The van der Waals surface area contributed by atoms with Crippen molar-refractivity contribution in [2.24, 2.45) is 11.7 Å². The minimum absolute atomic E-state index is 0.0471. The van der Waals surface area contributed by atoms with E-state index in [1.165, 1.54) is 0 Å². The lowest BCUT2D eigenvalue weighted by atomic mass is 9.97. The van der Waals surface area contributed by atoms with Gasteiger partial charge in [0.05, 0.1) is 12.5 Å². The number of nitrogens with zero attached hydrogens (tertiary/aromatic N) is 1. The molecule has 1 heterocycles. The molecular weight excluding hydrogens is 222 g/mol. The highest BCUT2D eigenvalue weighted by Crippen LogP contribution is 2.16. The molecule has 1 saturated heterocycles. The first-order valence-electron chi connectivity index (χ1n) is 6.06. The highest BCUT2D eigenvalue weighted by molar-refractivity contribution is 5.78. The smallest absolute Gasteiger partial charge is 0.306 e. The summed E-state index contributed by atoms with van der Waals surface area (Å²) in [6, 6.07) is 0. The van der Waals surface area contributed by atoms with Crippen molar-refractivity contribution >= 4 is 11.9 Å². The summed E-state index contributed by atoms with van der Waals surface area (Å²) in [4.78, 5) is 24.2. The largest absolute Gasteiger partial charge is 0.481 e. The van der Waals surface area contributed by atoms with Crippen molar-refractivity contribution in [3.8, 4) is 0 Å². The maximum Gasteiger partial charge on any atom is 0.306 e. The molecule has 4 N–H and O–H groups in total. The Hall–Kier alpha value is -1.14. The second-order valence-corrected chi connectivity index (χ2v) is 4.31. The maximum atomic E-state index is 11.7. The molecule has 17 heavy (non-hydrogen) atoms. The average molecular weight is 243 g/mol. The summed E-state index contributed by atoms with van der Waals surface area (Å²) in [7, 11) is 0. The lowest BCUT2D eigenvalue weighted by Gasteiger charge is -2.30. The minimum Gasteiger partial charge on any atom is -0.481 e. The van der Waals surface area contributed by atoms with Crippen molar-refractivity contribution in [3.05, 3.63) is 0 Å². The van der Waals surface area contributed by atoms with E-state index < -0.39 is 5.97 Å². The SMILES string of the molecule is NCCCNCC(=O)N1CCC(C(=O)O)CC1. The van der Waals surface area contributed by atoms with Gasteiger partial charge in [-0.05, 0) is 32.4 Å². The van der Waals surface area contributed by atoms with Crippen LogP contribution in [-0.4, -0.2) is 54.6 Å². The molecule has 0 bridgehead atoms. The third kappa shape index (κ3) is 4.70. The molecule has 98 valence electrons. The second kappa shape index (κ2) is 7.24. The molecule has 1 rings (SSSR count). The average Bonchev–Trinajstić information content (AvgIpc) is 2.34. The molecule has 1 fully saturated rings. The monoisotopic (exact) mass is 243 g/mol. The molecule has 0 radical (unpaired) electrons. The fourth-order valence-electron chi connectivity index (χ4n) is 1.91. The van der Waals surface area contributed by atoms with Crippen LogP contribution in [0.5, 0.6) is 0 Å². The van der Waals surface area contributed by atoms with Gasteiger partial charge in [-0.15, -0.1) is 0 Å². The van der Waals surface area contributed by atoms with Crippen molar-refractivity contribution in [1.29, 1.82) is 0 Å². The normalized spacial score (nSPS) is 17.1. The fourth-order valence-corrected chi connectivity index (χ4v) is 1.91. The molecule has 0 spiro atoms. The van der Waals surface area contributed by atoms with Crippen molar-refractivity contribution in [2.75, 3.05) is 32.7 Å². The van der Waals surface area contributed by atoms with Gasteiger partial charge in [0.2, 0.25) is 5.91 Å². The molecule has 0 aromatic rings. The van der Waals surface area contributed by atoms with Gasteiger partial charge in [0.15, 0.2) is 0 Å². The number of hydrogen-bond acceptors (Lipinski definition) is 4. The zero-order valence-corrected chi connectivity index (χ0v) is 10.0. The number of carbonyl (C=O) groups excluding carboxylic acids is 1. The van der Waals surface area contributed by atoms with Crippen LogP contribution in [0.1, 0.15) is 19.3 Å². The summed E-state index contributed by atoms with van der Waals surface area (Å²) < 4.78 is 0. The third-order valence-electron chi connectivity index (χ3n) is 3.03. The minimum atomic E-state index is -0.752. The van der Waals surface area contributed by atoms with Crippen molar-refractivity contribution < 1.29 is 14.7 Å². The number of carboxylic acids is 1. The van der Waals surface area contributed by atoms with Gasteiger partial charge >= 0.3 is 5.97 Å². The quantitative estimate of drug-likeness (QED) is 0.533. The maximum absolute atomic E-state index is 11.7. The highest BCUT2D eigenvalue weighted by atomic mass is 16.4. The van der Waals surface area contributed by atoms with E-state index in [0.29, 0.717) is 39.0 Å². The Kier molecular flexibility index (Phi) is 5.93. The molecule has 0 aromatic carbocycles. The first-order valence-corrected chi connectivity index (χ1v) is 6.06. The molecule has 6 heteroatoms. The van der Waals surface area contributed by atoms with Gasteiger partial charge in [0.25, 0.3) is 0 Å². The topological polar surface area (TPSA) is 95.7 Å². The highest BCUT2D eigenvalue weighted by Gasteiger charge is 2.26. The predicted octanol–water partition coefficient (Wildman–Crippen LogP) is -0.752. The number of aliphatic carboxylic acids is 1. The van der Waals surface area contributed by atoms with Crippen LogP contribution in [0.4, 0.5) is 0 Å². The van der Waals surface area contributed by atoms with Crippen LogP contribution in [0, 0.1) is 5.92 Å². The molecule has 0 aromatic heterocycles.